The van der Waals surface area contributed by atoms with Crippen LogP contribution in [0, 0.1) is 5.82 Å². The molecule has 0 spiro atoms. The van der Waals surface area contributed by atoms with Crippen LogP contribution in [0.25, 0.3) is 0 Å². The first-order chi connectivity index (χ1) is 10.7. The van der Waals surface area contributed by atoms with E-state index in [4.69, 9.17) is 4.74 Å². The zero-order chi connectivity index (χ0) is 16.8. The second kappa shape index (κ2) is 5.32. The van der Waals surface area contributed by atoms with E-state index < -0.39 is 35.4 Å². The maximum atomic E-state index is 13.0. The topological polar surface area (TPSA) is 32.8 Å². The maximum absolute atomic E-state index is 13.0. The molecule has 6 heteroatoms. The Morgan fingerprint density at radius 3 is 2.35 bits per heavy atom. The Hall–Kier alpha value is -1.92. The highest BCUT2D eigenvalue weighted by Crippen LogP contribution is 2.59. The third kappa shape index (κ3) is 2.72. The summed E-state index contributed by atoms with van der Waals surface area (Å²) in [5, 5.41) is 10.1. The molecule has 3 rings (SSSR count). The Labute approximate surface area is 130 Å². The molecule has 0 aliphatic carbocycles. The summed E-state index contributed by atoms with van der Waals surface area (Å²) in [4.78, 5) is 0. The second-order valence-electron chi connectivity index (χ2n) is 5.60. The maximum Gasteiger partial charge on any atom is 0.416 e. The predicted molar refractivity (Wildman–Crippen MR) is 75.0 cm³/mol. The van der Waals surface area contributed by atoms with E-state index in [-0.39, 0.29) is 5.56 Å². The summed E-state index contributed by atoms with van der Waals surface area (Å²) in [6, 6.07) is 10.2. The second-order valence-corrected chi connectivity index (χ2v) is 5.60. The van der Waals surface area contributed by atoms with Crippen LogP contribution in [0.15, 0.2) is 48.5 Å². The lowest BCUT2D eigenvalue weighted by Crippen LogP contribution is -2.26. The normalized spacial score (nSPS) is 25.2. The van der Waals surface area contributed by atoms with Gasteiger partial charge in [-0.15, -0.1) is 0 Å². The minimum Gasteiger partial charge on any atom is -0.390 e. The number of halogens is 4. The fourth-order valence-electron chi connectivity index (χ4n) is 2.83. The molecule has 1 saturated heterocycles. The van der Waals surface area contributed by atoms with Gasteiger partial charge in [-0.1, -0.05) is 24.3 Å². The number of hydrogen-bond acceptors (Lipinski definition) is 2. The van der Waals surface area contributed by atoms with Crippen molar-refractivity contribution in [3.8, 4) is 0 Å². The molecule has 0 amide bonds. The molecule has 0 bridgehead atoms. The highest BCUT2D eigenvalue weighted by molar-refractivity contribution is 5.39. The molecular formula is C17H14F4O2. The number of alkyl halides is 3. The highest BCUT2D eigenvalue weighted by Gasteiger charge is 2.62. The molecule has 1 unspecified atom stereocenters. The molecule has 2 aromatic rings. The average Bonchev–Trinajstić information content (AvgIpc) is 3.24. The fraction of sp³-hybridized carbons (Fsp3) is 0.294. The Morgan fingerprint density at radius 1 is 1.13 bits per heavy atom. The number of aliphatic hydroxyl groups is 1. The van der Waals surface area contributed by atoms with Crippen molar-refractivity contribution in [2.45, 2.75) is 30.9 Å². The number of benzene rings is 2. The Kier molecular flexibility index (Phi) is 3.69. The quantitative estimate of drug-likeness (QED) is 0.677. The first kappa shape index (κ1) is 16.0. The van der Waals surface area contributed by atoms with Gasteiger partial charge in [-0.3, -0.25) is 0 Å². The lowest BCUT2D eigenvalue weighted by Gasteiger charge is -2.18. The van der Waals surface area contributed by atoms with E-state index in [1.165, 1.54) is 43.3 Å². The molecule has 122 valence electrons. The molecule has 0 radical (unpaired) electrons. The van der Waals surface area contributed by atoms with Crippen molar-refractivity contribution in [2.24, 2.45) is 0 Å². The van der Waals surface area contributed by atoms with Gasteiger partial charge >= 0.3 is 6.18 Å². The number of ether oxygens (including phenoxy) is 1. The van der Waals surface area contributed by atoms with Gasteiger partial charge in [-0.2, -0.15) is 13.2 Å². The summed E-state index contributed by atoms with van der Waals surface area (Å²) in [6.07, 6.45) is -6.12. The summed E-state index contributed by atoms with van der Waals surface area (Å²) < 4.78 is 57.3. The molecule has 2 aromatic carbocycles. The van der Waals surface area contributed by atoms with Gasteiger partial charge in [0.1, 0.15) is 17.5 Å². The van der Waals surface area contributed by atoms with Crippen LogP contribution in [0.1, 0.15) is 29.7 Å². The first-order valence-corrected chi connectivity index (χ1v) is 7.04. The first-order valence-electron chi connectivity index (χ1n) is 7.04. The van der Waals surface area contributed by atoms with Gasteiger partial charge in [0.05, 0.1) is 11.7 Å². The standard InChI is InChI=1S/C17H14F4O2/c1-10(22)16(12-3-2-4-13(9-12)17(19,20)21)15(23-16)11-5-7-14(18)8-6-11/h2-10,15,22H,1H3/t10?,15-,16-/m0/s1. The summed E-state index contributed by atoms with van der Waals surface area (Å²) >= 11 is 0. The monoisotopic (exact) mass is 326 g/mol. The van der Waals surface area contributed by atoms with Crippen LogP contribution in [-0.2, 0) is 16.5 Å². The van der Waals surface area contributed by atoms with Gasteiger partial charge in [0.25, 0.3) is 0 Å². The van der Waals surface area contributed by atoms with Gasteiger partial charge in [0.2, 0.25) is 0 Å². The molecular weight excluding hydrogens is 312 g/mol. The zero-order valence-electron chi connectivity index (χ0n) is 12.1. The minimum atomic E-state index is -4.48. The van der Waals surface area contributed by atoms with Gasteiger partial charge in [-0.05, 0) is 42.3 Å². The van der Waals surface area contributed by atoms with Crippen LogP contribution in [0.3, 0.4) is 0 Å². The van der Waals surface area contributed by atoms with Gasteiger partial charge in [-0.25, -0.2) is 4.39 Å². The Morgan fingerprint density at radius 2 is 1.78 bits per heavy atom. The molecule has 1 aliphatic heterocycles. The minimum absolute atomic E-state index is 0.247. The zero-order valence-corrected chi connectivity index (χ0v) is 12.1. The average molecular weight is 326 g/mol. The summed E-state index contributed by atoms with van der Waals surface area (Å²) in [5.41, 5.74) is -1.20. The lowest BCUT2D eigenvalue weighted by atomic mass is 9.87. The van der Waals surface area contributed by atoms with E-state index in [1.807, 2.05) is 0 Å². The van der Waals surface area contributed by atoms with Crippen molar-refractivity contribution >= 4 is 0 Å². The van der Waals surface area contributed by atoms with Crippen LogP contribution in [0.5, 0.6) is 0 Å². The molecule has 1 aliphatic rings. The molecule has 2 nitrogen and oxygen atoms in total. The molecule has 23 heavy (non-hydrogen) atoms. The fourth-order valence-corrected chi connectivity index (χ4v) is 2.83. The van der Waals surface area contributed by atoms with Crippen molar-refractivity contribution in [3.63, 3.8) is 0 Å². The smallest absolute Gasteiger partial charge is 0.390 e. The largest absolute Gasteiger partial charge is 0.416 e. The van der Waals surface area contributed by atoms with Crippen LogP contribution in [0.2, 0.25) is 0 Å². The van der Waals surface area contributed by atoms with Gasteiger partial charge in [0.15, 0.2) is 0 Å². The molecule has 1 N–H and O–H groups in total. The van der Waals surface area contributed by atoms with Gasteiger partial charge in [0, 0.05) is 0 Å². The van der Waals surface area contributed by atoms with Crippen molar-refractivity contribution in [2.75, 3.05) is 0 Å². The van der Waals surface area contributed by atoms with E-state index >= 15 is 0 Å². The van der Waals surface area contributed by atoms with E-state index in [0.29, 0.717) is 5.56 Å². The van der Waals surface area contributed by atoms with Crippen molar-refractivity contribution < 1.29 is 27.4 Å². The molecule has 0 aromatic heterocycles. The van der Waals surface area contributed by atoms with Crippen LogP contribution in [0.4, 0.5) is 17.6 Å². The van der Waals surface area contributed by atoms with Gasteiger partial charge < -0.3 is 9.84 Å². The van der Waals surface area contributed by atoms with Crippen molar-refractivity contribution in [1.82, 2.24) is 0 Å². The van der Waals surface area contributed by atoms with E-state index in [1.54, 1.807) is 0 Å². The predicted octanol–water partition coefficient (Wildman–Crippen LogP) is 4.19. The number of epoxide rings is 1. The van der Waals surface area contributed by atoms with Crippen LogP contribution in [-0.4, -0.2) is 11.2 Å². The molecule has 1 heterocycles. The van der Waals surface area contributed by atoms with E-state index in [9.17, 15) is 22.7 Å². The molecule has 3 atom stereocenters. The number of hydrogen-bond donors (Lipinski definition) is 1. The van der Waals surface area contributed by atoms with Crippen molar-refractivity contribution in [3.05, 3.63) is 71.0 Å². The summed E-state index contributed by atoms with van der Waals surface area (Å²) in [6.45, 7) is 1.46. The SMILES string of the molecule is CC(O)[C@@]1(c2cccc(C(F)(F)F)c2)O[C@H]1c1ccc(F)cc1. The summed E-state index contributed by atoms with van der Waals surface area (Å²) in [7, 11) is 0. The molecule has 1 fully saturated rings. The summed E-state index contributed by atoms with van der Waals surface area (Å²) in [5.74, 6) is -0.420. The lowest BCUT2D eigenvalue weighted by molar-refractivity contribution is -0.137. The highest BCUT2D eigenvalue weighted by atomic mass is 19.4. The van der Waals surface area contributed by atoms with Crippen LogP contribution < -0.4 is 0 Å². The third-order valence-corrected chi connectivity index (χ3v) is 4.08. The van der Waals surface area contributed by atoms with Crippen LogP contribution >= 0.6 is 0 Å². The number of aliphatic hydroxyl groups excluding tert-OH is 1. The Bertz CT molecular complexity index is 709. The van der Waals surface area contributed by atoms with E-state index in [0.717, 1.165) is 12.1 Å². The van der Waals surface area contributed by atoms with E-state index in [2.05, 4.69) is 0 Å². The van der Waals surface area contributed by atoms with Crippen molar-refractivity contribution in [1.29, 1.82) is 0 Å². The number of rotatable bonds is 3. The molecule has 0 saturated carbocycles. The Balaban J connectivity index is 2.00. The third-order valence-electron chi connectivity index (χ3n) is 4.08.